The van der Waals surface area contributed by atoms with Crippen molar-refractivity contribution in [2.24, 2.45) is 11.8 Å². The van der Waals surface area contributed by atoms with Crippen molar-refractivity contribution >= 4 is 64.2 Å². The van der Waals surface area contributed by atoms with E-state index in [0.29, 0.717) is 0 Å². The lowest BCUT2D eigenvalue weighted by molar-refractivity contribution is 0.657. The van der Waals surface area contributed by atoms with Gasteiger partial charge in [0, 0.05) is 32.0 Å². The smallest absolute Gasteiger partial charge is 0.0431 e. The van der Waals surface area contributed by atoms with Gasteiger partial charge in [-0.05, 0) is 136 Å². The normalized spacial score (nSPS) is 15.6. The molecule has 0 radical (unpaired) electrons. The van der Waals surface area contributed by atoms with Crippen LogP contribution in [0.3, 0.4) is 0 Å². The van der Waals surface area contributed by atoms with E-state index in [2.05, 4.69) is 243 Å². The molecule has 2 aliphatic carbocycles. The van der Waals surface area contributed by atoms with E-state index in [-0.39, 0.29) is 11.8 Å². The van der Waals surface area contributed by atoms with Crippen LogP contribution in [0.25, 0.3) is 97.4 Å². The fourth-order valence-electron chi connectivity index (χ4n) is 11.2. The molecule has 1 heteroatoms. The molecule has 0 nitrogen and oxygen atoms in total. The molecule has 0 saturated carbocycles. The first-order valence-electron chi connectivity index (χ1n) is 23.1. The molecule has 0 fully saturated rings. The van der Waals surface area contributed by atoms with Crippen molar-refractivity contribution in [1.82, 2.24) is 0 Å². The van der Waals surface area contributed by atoms with E-state index in [4.69, 9.17) is 0 Å². The molecule has 0 N–H and O–H groups in total. The second-order valence-corrected chi connectivity index (χ2v) is 18.9. The van der Waals surface area contributed by atoms with Crippen LogP contribution in [0.5, 0.6) is 0 Å². The van der Waals surface area contributed by atoms with Crippen LogP contribution in [0, 0.1) is 11.8 Å². The standard InChI is InChI=1S/C65H44S/c1-4-19-42(20-5-1)48-38-49(43-21-6-2-7-22-43)40-50(39-48)61-45-25-10-11-26-46(37-45)64(52-28-13-12-27-51(52)61)58-34-18-33-57-59-41-47(35-36-60(59)66-65(57)58)63-55-31-16-14-29-53(55)62(44-23-8-3-9-24-44)54-30-15-17-32-56(54)63/h1-36,38-41,45-46H,37H2. The Kier molecular flexibility index (Phi) is 9.36. The Morgan fingerprint density at radius 2 is 0.788 bits per heavy atom. The third kappa shape index (κ3) is 6.42. The van der Waals surface area contributed by atoms with Gasteiger partial charge < -0.3 is 0 Å². The predicted octanol–water partition coefficient (Wildman–Crippen LogP) is 16.2. The molecule has 10 aromatic carbocycles. The van der Waals surface area contributed by atoms with Crippen LogP contribution in [-0.4, -0.2) is 0 Å². The largest absolute Gasteiger partial charge is 0.135 e. The maximum absolute atomic E-state index is 2.47. The molecule has 310 valence electrons. The Morgan fingerprint density at radius 1 is 0.318 bits per heavy atom. The molecule has 11 aromatic rings. The maximum atomic E-state index is 2.47. The Bertz CT molecular complexity index is 3770. The van der Waals surface area contributed by atoms with Gasteiger partial charge in [-0.25, -0.2) is 0 Å². The van der Waals surface area contributed by atoms with E-state index in [1.54, 1.807) is 0 Å². The molecule has 2 unspecified atom stereocenters. The van der Waals surface area contributed by atoms with Crippen molar-refractivity contribution in [3.63, 3.8) is 0 Å². The molecule has 2 atom stereocenters. The van der Waals surface area contributed by atoms with Crippen LogP contribution in [0.4, 0.5) is 0 Å². The van der Waals surface area contributed by atoms with Gasteiger partial charge in [0.2, 0.25) is 0 Å². The summed E-state index contributed by atoms with van der Waals surface area (Å²) >= 11 is 1.94. The van der Waals surface area contributed by atoms with Gasteiger partial charge in [-0.3, -0.25) is 0 Å². The quantitative estimate of drug-likeness (QED) is 0.146. The third-order valence-corrected chi connectivity index (χ3v) is 15.3. The van der Waals surface area contributed by atoms with Gasteiger partial charge in [-0.15, -0.1) is 11.3 Å². The molecule has 0 spiro atoms. The zero-order valence-corrected chi connectivity index (χ0v) is 37.2. The number of fused-ring (bicyclic) bond motifs is 8. The number of benzene rings is 10. The fraction of sp³-hybridized carbons (Fsp3) is 0.0462. The van der Waals surface area contributed by atoms with Gasteiger partial charge in [0.25, 0.3) is 0 Å². The lowest BCUT2D eigenvalue weighted by Gasteiger charge is -2.22. The van der Waals surface area contributed by atoms with Crippen molar-refractivity contribution < 1.29 is 0 Å². The van der Waals surface area contributed by atoms with Crippen LogP contribution in [0.15, 0.2) is 243 Å². The summed E-state index contributed by atoms with van der Waals surface area (Å²) < 4.78 is 2.67. The van der Waals surface area contributed by atoms with E-state index >= 15 is 0 Å². The van der Waals surface area contributed by atoms with E-state index in [1.165, 1.54) is 119 Å². The summed E-state index contributed by atoms with van der Waals surface area (Å²) in [6, 6.07) is 81.3. The first-order chi connectivity index (χ1) is 32.7. The van der Waals surface area contributed by atoms with Crippen molar-refractivity contribution in [3.8, 4) is 44.5 Å². The van der Waals surface area contributed by atoms with E-state index in [1.807, 2.05) is 11.3 Å². The lowest BCUT2D eigenvalue weighted by Crippen LogP contribution is -2.30. The summed E-state index contributed by atoms with van der Waals surface area (Å²) in [5.41, 5.74) is 15.4. The number of rotatable bonds is 6. The molecular formula is C65H44S. The minimum Gasteiger partial charge on any atom is -0.135 e. The summed E-state index contributed by atoms with van der Waals surface area (Å²) in [6.45, 7) is 0. The summed E-state index contributed by atoms with van der Waals surface area (Å²) in [5.74, 6) is 0.446. The van der Waals surface area contributed by atoms with Crippen LogP contribution >= 0.6 is 11.3 Å². The van der Waals surface area contributed by atoms with Gasteiger partial charge in [-0.2, -0.15) is 0 Å². The maximum Gasteiger partial charge on any atom is 0.0431 e. The molecule has 1 aromatic heterocycles. The van der Waals surface area contributed by atoms with Crippen molar-refractivity contribution in [1.29, 1.82) is 0 Å². The highest BCUT2D eigenvalue weighted by atomic mass is 32.1. The molecular weight excluding hydrogens is 813 g/mol. The first-order valence-corrected chi connectivity index (χ1v) is 24.0. The highest BCUT2D eigenvalue weighted by Gasteiger charge is 2.29. The summed E-state index contributed by atoms with van der Waals surface area (Å²) in [7, 11) is 0. The highest BCUT2D eigenvalue weighted by molar-refractivity contribution is 7.26. The van der Waals surface area contributed by atoms with Gasteiger partial charge in [0.15, 0.2) is 0 Å². The zero-order valence-electron chi connectivity index (χ0n) is 36.4. The predicted molar refractivity (Wildman–Crippen MR) is 283 cm³/mol. The Labute approximate surface area is 389 Å². The summed E-state index contributed by atoms with van der Waals surface area (Å²) in [6.07, 6.45) is 10.5. The SMILES string of the molecule is C1=CC2CC(C=C1)C(c1cccc3c1sc1ccc(-c4c5ccccc5c(-c5ccccc5)c5ccccc45)cc13)=c1ccccc1=C2c1cc(-c2ccccc2)cc(-c2ccccc2)c1. The van der Waals surface area contributed by atoms with Crippen molar-refractivity contribution in [3.05, 3.63) is 264 Å². The third-order valence-electron chi connectivity index (χ3n) is 14.1. The van der Waals surface area contributed by atoms with Gasteiger partial charge in [0.1, 0.15) is 0 Å². The highest BCUT2D eigenvalue weighted by Crippen LogP contribution is 2.47. The average molecular weight is 857 g/mol. The Morgan fingerprint density at radius 3 is 1.38 bits per heavy atom. The van der Waals surface area contributed by atoms with Crippen LogP contribution < -0.4 is 10.4 Å². The van der Waals surface area contributed by atoms with Crippen LogP contribution in [0.2, 0.25) is 0 Å². The van der Waals surface area contributed by atoms with Crippen LogP contribution in [0.1, 0.15) is 17.5 Å². The molecule has 0 amide bonds. The van der Waals surface area contributed by atoms with Gasteiger partial charge in [0.05, 0.1) is 0 Å². The van der Waals surface area contributed by atoms with Gasteiger partial charge in [-0.1, -0.05) is 212 Å². The summed E-state index contributed by atoms with van der Waals surface area (Å²) in [5, 5.41) is 10.4. The average Bonchev–Trinajstić information content (AvgIpc) is 3.50. The fourth-order valence-corrected chi connectivity index (χ4v) is 12.4. The molecule has 2 aliphatic rings. The number of thiophene rings is 1. The van der Waals surface area contributed by atoms with E-state index < -0.39 is 0 Å². The second kappa shape index (κ2) is 16.0. The molecule has 0 saturated heterocycles. The summed E-state index contributed by atoms with van der Waals surface area (Å²) in [4.78, 5) is 0. The molecule has 1 heterocycles. The first kappa shape index (κ1) is 38.6. The van der Waals surface area contributed by atoms with E-state index in [0.717, 1.165) is 6.42 Å². The number of hydrogen-bond acceptors (Lipinski definition) is 1. The van der Waals surface area contributed by atoms with Crippen molar-refractivity contribution in [2.45, 2.75) is 6.42 Å². The zero-order chi connectivity index (χ0) is 43.6. The molecule has 0 aliphatic heterocycles. The Balaban J connectivity index is 1.05. The van der Waals surface area contributed by atoms with Crippen molar-refractivity contribution in [2.75, 3.05) is 0 Å². The van der Waals surface area contributed by atoms with E-state index in [9.17, 15) is 0 Å². The second-order valence-electron chi connectivity index (χ2n) is 17.8. The number of allylic oxidation sites excluding steroid dienone is 4. The lowest BCUT2D eigenvalue weighted by atomic mass is 9.82. The van der Waals surface area contributed by atoms with Gasteiger partial charge >= 0.3 is 0 Å². The minimum atomic E-state index is 0.223. The van der Waals surface area contributed by atoms with Crippen LogP contribution in [-0.2, 0) is 0 Å². The minimum absolute atomic E-state index is 0.223. The topological polar surface area (TPSA) is 0 Å². The molecule has 66 heavy (non-hydrogen) atoms. The monoisotopic (exact) mass is 856 g/mol. The molecule has 2 bridgehead atoms. The molecule has 13 rings (SSSR count). The Hall–Kier alpha value is -7.84. The number of hydrogen-bond donors (Lipinski definition) is 0.